The molecule has 2 rings (SSSR count). The summed E-state index contributed by atoms with van der Waals surface area (Å²) < 4.78 is 5.98. The lowest BCUT2D eigenvalue weighted by Crippen LogP contribution is -2.30. The number of hydrogen-bond acceptors (Lipinski definition) is 2. The lowest BCUT2D eigenvalue weighted by atomic mass is 10.1. The molecule has 0 spiro atoms. The highest BCUT2D eigenvalue weighted by atomic mass is 16.5. The van der Waals surface area contributed by atoms with Gasteiger partial charge in [0.15, 0.2) is 0 Å². The van der Waals surface area contributed by atoms with Gasteiger partial charge in [-0.25, -0.2) is 0 Å². The third-order valence-electron chi connectivity index (χ3n) is 3.54. The molecule has 2 aromatic carbocycles. The summed E-state index contributed by atoms with van der Waals surface area (Å²) in [5, 5.41) is 3.41. The van der Waals surface area contributed by atoms with Crippen molar-refractivity contribution in [2.45, 2.75) is 39.3 Å². The molecule has 0 aliphatic carbocycles. The molecular weight excluding hydrogens is 258 g/mol. The zero-order valence-electron chi connectivity index (χ0n) is 13.2. The first kappa shape index (κ1) is 15.6. The van der Waals surface area contributed by atoms with Crippen molar-refractivity contribution < 1.29 is 4.74 Å². The van der Waals surface area contributed by atoms with E-state index in [0.717, 1.165) is 18.7 Å². The van der Waals surface area contributed by atoms with Crippen molar-refractivity contribution in [3.8, 4) is 16.9 Å². The summed E-state index contributed by atoms with van der Waals surface area (Å²) in [5.41, 5.74) is 2.45. The first-order valence-electron chi connectivity index (χ1n) is 7.74. The number of hydrogen-bond donors (Lipinski definition) is 1. The van der Waals surface area contributed by atoms with E-state index in [1.807, 2.05) is 6.07 Å². The van der Waals surface area contributed by atoms with E-state index in [1.165, 1.54) is 11.1 Å². The maximum absolute atomic E-state index is 5.98. The zero-order valence-corrected chi connectivity index (χ0v) is 13.2. The summed E-state index contributed by atoms with van der Waals surface area (Å²) in [5.74, 6) is 0.936. The van der Waals surface area contributed by atoms with Crippen LogP contribution >= 0.6 is 0 Å². The second kappa shape index (κ2) is 7.84. The molecule has 0 saturated heterocycles. The van der Waals surface area contributed by atoms with Crippen LogP contribution in [0.5, 0.6) is 5.75 Å². The molecule has 0 aromatic heterocycles. The van der Waals surface area contributed by atoms with Crippen LogP contribution in [-0.4, -0.2) is 18.7 Å². The Labute approximate surface area is 128 Å². The van der Waals surface area contributed by atoms with E-state index in [2.05, 4.69) is 74.6 Å². The summed E-state index contributed by atoms with van der Waals surface area (Å²) in [4.78, 5) is 0. The SMILES string of the molecule is CCNC(C)CC(C)Oc1ccc(-c2ccccc2)cc1. The summed E-state index contributed by atoms with van der Waals surface area (Å²) in [7, 11) is 0. The van der Waals surface area contributed by atoms with Gasteiger partial charge in [0.25, 0.3) is 0 Å². The molecule has 2 unspecified atom stereocenters. The lowest BCUT2D eigenvalue weighted by Gasteiger charge is -2.19. The Hall–Kier alpha value is -1.80. The maximum atomic E-state index is 5.98. The number of ether oxygens (including phenoxy) is 1. The molecule has 0 radical (unpaired) electrons. The van der Waals surface area contributed by atoms with Gasteiger partial charge in [-0.15, -0.1) is 0 Å². The van der Waals surface area contributed by atoms with Crippen molar-refractivity contribution in [3.05, 3.63) is 54.6 Å². The van der Waals surface area contributed by atoms with Crippen molar-refractivity contribution in [2.24, 2.45) is 0 Å². The molecule has 0 saturated carbocycles. The van der Waals surface area contributed by atoms with E-state index < -0.39 is 0 Å². The molecule has 0 heterocycles. The van der Waals surface area contributed by atoms with Crippen LogP contribution in [0.3, 0.4) is 0 Å². The molecule has 21 heavy (non-hydrogen) atoms. The second-order valence-electron chi connectivity index (χ2n) is 5.51. The molecule has 0 fully saturated rings. The molecule has 112 valence electrons. The molecule has 1 N–H and O–H groups in total. The van der Waals surface area contributed by atoms with Gasteiger partial charge in [-0.05, 0) is 50.1 Å². The van der Waals surface area contributed by atoms with Gasteiger partial charge in [0, 0.05) is 6.04 Å². The van der Waals surface area contributed by atoms with Crippen LogP contribution in [-0.2, 0) is 0 Å². The third-order valence-corrected chi connectivity index (χ3v) is 3.54. The van der Waals surface area contributed by atoms with Gasteiger partial charge >= 0.3 is 0 Å². The molecule has 0 amide bonds. The zero-order chi connectivity index (χ0) is 15.1. The van der Waals surface area contributed by atoms with Crippen LogP contribution in [0.4, 0.5) is 0 Å². The van der Waals surface area contributed by atoms with E-state index >= 15 is 0 Å². The average molecular weight is 283 g/mol. The van der Waals surface area contributed by atoms with Gasteiger partial charge in [0.05, 0.1) is 6.10 Å². The molecule has 2 atom stereocenters. The smallest absolute Gasteiger partial charge is 0.119 e. The van der Waals surface area contributed by atoms with Crippen LogP contribution < -0.4 is 10.1 Å². The minimum atomic E-state index is 0.210. The molecule has 2 nitrogen and oxygen atoms in total. The molecule has 0 aliphatic heterocycles. The van der Waals surface area contributed by atoms with Crippen LogP contribution in [0, 0.1) is 0 Å². The van der Waals surface area contributed by atoms with Crippen molar-refractivity contribution in [1.29, 1.82) is 0 Å². The summed E-state index contributed by atoms with van der Waals surface area (Å²) >= 11 is 0. The first-order valence-corrected chi connectivity index (χ1v) is 7.74. The predicted octanol–water partition coefficient (Wildman–Crippen LogP) is 4.51. The topological polar surface area (TPSA) is 21.3 Å². The van der Waals surface area contributed by atoms with Crippen LogP contribution in [0.2, 0.25) is 0 Å². The standard InChI is InChI=1S/C19H25NO/c1-4-20-15(2)14-16(3)21-19-12-10-18(11-13-19)17-8-6-5-7-9-17/h5-13,15-16,20H,4,14H2,1-3H3. The third kappa shape index (κ3) is 4.91. The van der Waals surface area contributed by atoms with Crippen LogP contribution in [0.15, 0.2) is 54.6 Å². The monoisotopic (exact) mass is 283 g/mol. The first-order chi connectivity index (χ1) is 10.2. The molecular formula is C19H25NO. The van der Waals surface area contributed by atoms with E-state index in [9.17, 15) is 0 Å². The lowest BCUT2D eigenvalue weighted by molar-refractivity contribution is 0.196. The van der Waals surface area contributed by atoms with Crippen molar-refractivity contribution in [3.63, 3.8) is 0 Å². The Morgan fingerprint density at radius 1 is 0.905 bits per heavy atom. The van der Waals surface area contributed by atoms with E-state index in [-0.39, 0.29) is 6.10 Å². The van der Waals surface area contributed by atoms with Gasteiger partial charge in [0.1, 0.15) is 5.75 Å². The highest BCUT2D eigenvalue weighted by molar-refractivity contribution is 5.63. The summed E-state index contributed by atoms with van der Waals surface area (Å²) in [6.45, 7) is 7.45. The number of nitrogens with one attached hydrogen (secondary N) is 1. The Morgan fingerprint density at radius 3 is 2.14 bits per heavy atom. The molecule has 2 aromatic rings. The van der Waals surface area contributed by atoms with Gasteiger partial charge in [-0.1, -0.05) is 49.4 Å². The molecule has 2 heteroatoms. The fraction of sp³-hybridized carbons (Fsp3) is 0.368. The van der Waals surface area contributed by atoms with Gasteiger partial charge in [0.2, 0.25) is 0 Å². The Kier molecular flexibility index (Phi) is 5.82. The quantitative estimate of drug-likeness (QED) is 0.807. The van der Waals surface area contributed by atoms with E-state index in [4.69, 9.17) is 4.74 Å². The highest BCUT2D eigenvalue weighted by Gasteiger charge is 2.09. The van der Waals surface area contributed by atoms with Crippen molar-refractivity contribution >= 4 is 0 Å². The fourth-order valence-electron chi connectivity index (χ4n) is 2.57. The number of benzene rings is 2. The van der Waals surface area contributed by atoms with Crippen molar-refractivity contribution in [1.82, 2.24) is 5.32 Å². The largest absolute Gasteiger partial charge is 0.491 e. The van der Waals surface area contributed by atoms with Gasteiger partial charge in [-0.2, -0.15) is 0 Å². The van der Waals surface area contributed by atoms with Crippen LogP contribution in [0.25, 0.3) is 11.1 Å². The predicted molar refractivity (Wildman–Crippen MR) is 89.7 cm³/mol. The fourth-order valence-corrected chi connectivity index (χ4v) is 2.57. The van der Waals surface area contributed by atoms with E-state index in [0.29, 0.717) is 6.04 Å². The Balaban J connectivity index is 1.93. The number of rotatable bonds is 7. The average Bonchev–Trinajstić information content (AvgIpc) is 2.49. The van der Waals surface area contributed by atoms with Gasteiger partial charge in [-0.3, -0.25) is 0 Å². The van der Waals surface area contributed by atoms with Gasteiger partial charge < -0.3 is 10.1 Å². The summed E-state index contributed by atoms with van der Waals surface area (Å²) in [6, 6.07) is 19.2. The summed E-state index contributed by atoms with van der Waals surface area (Å²) in [6.07, 6.45) is 1.22. The second-order valence-corrected chi connectivity index (χ2v) is 5.51. The van der Waals surface area contributed by atoms with Crippen molar-refractivity contribution in [2.75, 3.05) is 6.54 Å². The normalized spacial score (nSPS) is 13.7. The van der Waals surface area contributed by atoms with Crippen LogP contribution in [0.1, 0.15) is 27.2 Å². The molecule has 0 bridgehead atoms. The minimum Gasteiger partial charge on any atom is -0.491 e. The maximum Gasteiger partial charge on any atom is 0.119 e. The highest BCUT2D eigenvalue weighted by Crippen LogP contribution is 2.23. The van der Waals surface area contributed by atoms with E-state index in [1.54, 1.807) is 0 Å². The Morgan fingerprint density at radius 2 is 1.52 bits per heavy atom. The minimum absolute atomic E-state index is 0.210. The Bertz CT molecular complexity index is 521. The molecule has 0 aliphatic rings.